The number of ether oxygens (including phenoxy) is 3. The van der Waals surface area contributed by atoms with Crippen molar-refractivity contribution in [3.05, 3.63) is 0 Å². The standard InChI is InChI=1S/C16H28O4/c17-1-2-18-3-4-19-5-6-20-16-10-13-7-14(11-16)9-15(8-13)12-16/h13-15,17H,1-12H2. The van der Waals surface area contributed by atoms with Crippen molar-refractivity contribution in [2.45, 2.75) is 44.1 Å². The van der Waals surface area contributed by atoms with E-state index >= 15 is 0 Å². The van der Waals surface area contributed by atoms with Gasteiger partial charge in [-0.15, -0.1) is 0 Å². The first-order chi connectivity index (χ1) is 9.80. The smallest absolute Gasteiger partial charge is 0.0708 e. The van der Waals surface area contributed by atoms with E-state index in [1.165, 1.54) is 38.5 Å². The van der Waals surface area contributed by atoms with E-state index < -0.39 is 0 Å². The highest BCUT2D eigenvalue weighted by Gasteiger charge is 2.51. The average Bonchev–Trinajstić information content (AvgIpc) is 2.40. The molecule has 0 saturated heterocycles. The second-order valence-electron chi connectivity index (χ2n) is 6.90. The van der Waals surface area contributed by atoms with Crippen LogP contribution in [0, 0.1) is 17.8 Å². The molecule has 4 heteroatoms. The zero-order valence-electron chi connectivity index (χ0n) is 12.4. The summed E-state index contributed by atoms with van der Waals surface area (Å²) >= 11 is 0. The van der Waals surface area contributed by atoms with Crippen LogP contribution in [-0.4, -0.2) is 50.3 Å². The Morgan fingerprint density at radius 2 is 1.25 bits per heavy atom. The van der Waals surface area contributed by atoms with Crippen LogP contribution in [0.5, 0.6) is 0 Å². The Morgan fingerprint density at radius 1 is 0.750 bits per heavy atom. The predicted octanol–water partition coefficient (Wildman–Crippen LogP) is 2.00. The summed E-state index contributed by atoms with van der Waals surface area (Å²) in [7, 11) is 0. The van der Waals surface area contributed by atoms with Crippen LogP contribution in [0.2, 0.25) is 0 Å². The zero-order valence-corrected chi connectivity index (χ0v) is 12.4. The predicted molar refractivity (Wildman–Crippen MR) is 75.6 cm³/mol. The molecule has 0 spiro atoms. The SMILES string of the molecule is OCCOCCOCCOC12CC3CC(CC(C3)C1)C2. The lowest BCUT2D eigenvalue weighted by Gasteiger charge is -2.56. The van der Waals surface area contributed by atoms with Crippen molar-refractivity contribution in [3.8, 4) is 0 Å². The first kappa shape index (κ1) is 14.8. The average molecular weight is 284 g/mol. The third kappa shape index (κ3) is 3.53. The molecule has 4 saturated carbocycles. The van der Waals surface area contributed by atoms with Gasteiger partial charge in [0.25, 0.3) is 0 Å². The second-order valence-corrected chi connectivity index (χ2v) is 6.90. The Hall–Kier alpha value is -0.160. The maximum absolute atomic E-state index is 8.57. The van der Waals surface area contributed by atoms with Crippen molar-refractivity contribution in [1.82, 2.24) is 0 Å². The third-order valence-corrected chi connectivity index (χ3v) is 5.23. The van der Waals surface area contributed by atoms with Crippen molar-refractivity contribution < 1.29 is 19.3 Å². The van der Waals surface area contributed by atoms with E-state index in [9.17, 15) is 0 Å². The topological polar surface area (TPSA) is 47.9 Å². The van der Waals surface area contributed by atoms with E-state index in [-0.39, 0.29) is 12.2 Å². The van der Waals surface area contributed by atoms with E-state index in [1.54, 1.807) is 0 Å². The van der Waals surface area contributed by atoms with Gasteiger partial charge >= 0.3 is 0 Å². The van der Waals surface area contributed by atoms with Crippen molar-refractivity contribution in [2.75, 3.05) is 39.6 Å². The number of hydrogen-bond acceptors (Lipinski definition) is 4. The number of hydrogen-bond donors (Lipinski definition) is 1. The molecule has 0 aliphatic heterocycles. The molecule has 0 aromatic heterocycles. The van der Waals surface area contributed by atoms with Crippen LogP contribution in [-0.2, 0) is 14.2 Å². The summed E-state index contributed by atoms with van der Waals surface area (Å²) < 4.78 is 16.9. The molecular formula is C16H28O4. The molecular weight excluding hydrogens is 256 g/mol. The quantitative estimate of drug-likeness (QED) is 0.658. The normalized spacial score (nSPS) is 38.5. The van der Waals surface area contributed by atoms with Gasteiger partial charge in [-0.3, -0.25) is 0 Å². The first-order valence-corrected chi connectivity index (χ1v) is 8.20. The largest absolute Gasteiger partial charge is 0.394 e. The summed E-state index contributed by atoms with van der Waals surface area (Å²) in [4.78, 5) is 0. The minimum absolute atomic E-state index is 0.0785. The summed E-state index contributed by atoms with van der Waals surface area (Å²) in [6.07, 6.45) is 8.25. The van der Waals surface area contributed by atoms with Gasteiger partial charge in [-0.1, -0.05) is 0 Å². The number of aliphatic hydroxyl groups excluding tert-OH is 1. The summed E-state index contributed by atoms with van der Waals surface area (Å²) in [5, 5.41) is 8.57. The van der Waals surface area contributed by atoms with Gasteiger partial charge in [0.05, 0.1) is 45.2 Å². The molecule has 0 radical (unpaired) electrons. The van der Waals surface area contributed by atoms with Crippen molar-refractivity contribution in [3.63, 3.8) is 0 Å². The van der Waals surface area contributed by atoms with Gasteiger partial charge < -0.3 is 19.3 Å². The molecule has 4 nitrogen and oxygen atoms in total. The van der Waals surface area contributed by atoms with Crippen molar-refractivity contribution >= 4 is 0 Å². The van der Waals surface area contributed by atoms with E-state index in [4.69, 9.17) is 19.3 Å². The highest BCUT2D eigenvalue weighted by Crippen LogP contribution is 2.57. The number of rotatable bonds is 9. The third-order valence-electron chi connectivity index (χ3n) is 5.23. The molecule has 4 bridgehead atoms. The van der Waals surface area contributed by atoms with Crippen LogP contribution >= 0.6 is 0 Å². The fourth-order valence-corrected chi connectivity index (χ4v) is 4.91. The summed E-state index contributed by atoms with van der Waals surface area (Å²) in [6.45, 7) is 2.99. The molecule has 0 aromatic carbocycles. The molecule has 116 valence electrons. The van der Waals surface area contributed by atoms with Crippen LogP contribution in [0.1, 0.15) is 38.5 Å². The fourth-order valence-electron chi connectivity index (χ4n) is 4.91. The maximum Gasteiger partial charge on any atom is 0.0708 e. The first-order valence-electron chi connectivity index (χ1n) is 8.20. The molecule has 4 rings (SSSR count). The van der Waals surface area contributed by atoms with Crippen molar-refractivity contribution in [1.29, 1.82) is 0 Å². The van der Waals surface area contributed by atoms with Crippen LogP contribution in [0.3, 0.4) is 0 Å². The Morgan fingerprint density at radius 3 is 1.80 bits per heavy atom. The van der Waals surface area contributed by atoms with Crippen LogP contribution in [0.15, 0.2) is 0 Å². The van der Waals surface area contributed by atoms with Gasteiger partial charge in [-0.25, -0.2) is 0 Å². The lowest BCUT2D eigenvalue weighted by molar-refractivity contribution is -0.169. The Bertz CT molecular complexity index is 270. The minimum Gasteiger partial charge on any atom is -0.394 e. The molecule has 20 heavy (non-hydrogen) atoms. The molecule has 0 unspecified atom stereocenters. The maximum atomic E-state index is 8.57. The lowest BCUT2D eigenvalue weighted by atomic mass is 9.54. The summed E-state index contributed by atoms with van der Waals surface area (Å²) in [5.41, 5.74) is 0.200. The van der Waals surface area contributed by atoms with Crippen LogP contribution in [0.25, 0.3) is 0 Å². The molecule has 4 aliphatic carbocycles. The van der Waals surface area contributed by atoms with E-state index in [0.717, 1.165) is 17.8 Å². The Balaban J connectivity index is 1.31. The molecule has 0 amide bonds. The van der Waals surface area contributed by atoms with Crippen molar-refractivity contribution in [2.24, 2.45) is 17.8 Å². The molecule has 0 atom stereocenters. The molecule has 4 aliphatic rings. The number of aliphatic hydroxyl groups is 1. The van der Waals surface area contributed by atoms with Gasteiger partial charge in [0.2, 0.25) is 0 Å². The lowest BCUT2D eigenvalue weighted by Crippen LogP contribution is -2.52. The Kier molecular flexibility index (Phi) is 4.97. The van der Waals surface area contributed by atoms with Gasteiger partial charge in [-0.05, 0) is 56.3 Å². The Labute approximate surface area is 121 Å². The minimum atomic E-state index is 0.0785. The summed E-state index contributed by atoms with van der Waals surface area (Å²) in [6, 6.07) is 0. The van der Waals surface area contributed by atoms with E-state index in [0.29, 0.717) is 33.0 Å². The highest BCUT2D eigenvalue weighted by atomic mass is 16.6. The van der Waals surface area contributed by atoms with E-state index in [2.05, 4.69) is 0 Å². The molecule has 4 fully saturated rings. The van der Waals surface area contributed by atoms with Crippen LogP contribution in [0.4, 0.5) is 0 Å². The molecule has 0 heterocycles. The summed E-state index contributed by atoms with van der Waals surface area (Å²) in [5.74, 6) is 2.82. The highest BCUT2D eigenvalue weighted by molar-refractivity contribution is 5.03. The van der Waals surface area contributed by atoms with Crippen LogP contribution < -0.4 is 0 Å². The molecule has 0 aromatic rings. The van der Waals surface area contributed by atoms with E-state index in [1.807, 2.05) is 0 Å². The molecule has 1 N–H and O–H groups in total. The van der Waals surface area contributed by atoms with Gasteiger partial charge in [0.1, 0.15) is 0 Å². The monoisotopic (exact) mass is 284 g/mol. The van der Waals surface area contributed by atoms with Gasteiger partial charge in [-0.2, -0.15) is 0 Å². The second kappa shape index (κ2) is 6.73. The van der Waals surface area contributed by atoms with Gasteiger partial charge in [0.15, 0.2) is 0 Å². The van der Waals surface area contributed by atoms with Gasteiger partial charge in [0, 0.05) is 0 Å². The fraction of sp³-hybridized carbons (Fsp3) is 1.00. The zero-order chi connectivity index (χ0) is 13.8.